The van der Waals surface area contributed by atoms with Crippen LogP contribution in [0.4, 0.5) is 0 Å². The molecular weight excluding hydrogens is 270 g/mol. The summed E-state index contributed by atoms with van der Waals surface area (Å²) in [6, 6.07) is 11.4. The smallest absolute Gasteiger partial charge is 0.335 e. The third-order valence-corrected chi connectivity index (χ3v) is 3.86. The van der Waals surface area contributed by atoms with Gasteiger partial charge in [-0.3, -0.25) is 0 Å². The van der Waals surface area contributed by atoms with Crippen molar-refractivity contribution in [3.05, 3.63) is 53.7 Å². The minimum atomic E-state index is -0.933. The summed E-state index contributed by atoms with van der Waals surface area (Å²) in [6.45, 7) is 6.52. The number of aromatic nitrogens is 1. The number of benzene rings is 1. The minimum Gasteiger partial charge on any atom is -0.478 e. The van der Waals surface area contributed by atoms with Crippen molar-refractivity contribution in [2.45, 2.75) is 36.1 Å². The molecule has 20 heavy (non-hydrogen) atoms. The van der Waals surface area contributed by atoms with Crippen molar-refractivity contribution in [3.63, 3.8) is 0 Å². The van der Waals surface area contributed by atoms with Crippen molar-refractivity contribution in [1.82, 2.24) is 4.98 Å². The molecule has 0 amide bonds. The maximum atomic E-state index is 10.9. The number of hydrogen-bond donors (Lipinski definition) is 1. The molecule has 104 valence electrons. The largest absolute Gasteiger partial charge is 0.478 e. The molecule has 0 aliphatic heterocycles. The Morgan fingerprint density at radius 1 is 1.15 bits per heavy atom. The topological polar surface area (TPSA) is 50.2 Å². The van der Waals surface area contributed by atoms with E-state index in [1.165, 1.54) is 29.6 Å². The van der Waals surface area contributed by atoms with Gasteiger partial charge in [0.2, 0.25) is 0 Å². The highest BCUT2D eigenvalue weighted by molar-refractivity contribution is 7.99. The number of carbonyl (C=O) groups is 1. The van der Waals surface area contributed by atoms with Crippen LogP contribution in [0.3, 0.4) is 0 Å². The SMILES string of the molecule is CC(C)(C)c1ccc(Sc2cc(C(=O)O)ccn2)cc1. The average molecular weight is 287 g/mol. The first kappa shape index (κ1) is 14.6. The third kappa shape index (κ3) is 3.61. The van der Waals surface area contributed by atoms with E-state index in [1.54, 1.807) is 6.07 Å². The van der Waals surface area contributed by atoms with Crippen molar-refractivity contribution < 1.29 is 9.90 Å². The highest BCUT2D eigenvalue weighted by Crippen LogP contribution is 2.29. The van der Waals surface area contributed by atoms with Crippen LogP contribution in [0.2, 0.25) is 0 Å². The Hall–Kier alpha value is -1.81. The van der Waals surface area contributed by atoms with E-state index in [0.717, 1.165) is 4.90 Å². The summed E-state index contributed by atoms with van der Waals surface area (Å²) in [5.74, 6) is -0.933. The van der Waals surface area contributed by atoms with Crippen molar-refractivity contribution in [1.29, 1.82) is 0 Å². The molecule has 1 aromatic heterocycles. The van der Waals surface area contributed by atoms with E-state index < -0.39 is 5.97 Å². The predicted octanol–water partition coefficient (Wildman–Crippen LogP) is 4.23. The zero-order chi connectivity index (χ0) is 14.8. The van der Waals surface area contributed by atoms with Crippen LogP contribution in [0.15, 0.2) is 52.5 Å². The fourth-order valence-corrected chi connectivity index (χ4v) is 2.56. The Morgan fingerprint density at radius 3 is 2.35 bits per heavy atom. The molecule has 1 aromatic carbocycles. The van der Waals surface area contributed by atoms with Gasteiger partial charge in [0, 0.05) is 11.1 Å². The van der Waals surface area contributed by atoms with Crippen LogP contribution in [0.25, 0.3) is 0 Å². The summed E-state index contributed by atoms with van der Waals surface area (Å²) in [6.07, 6.45) is 1.52. The predicted molar refractivity (Wildman–Crippen MR) is 80.5 cm³/mol. The molecule has 0 unspecified atom stereocenters. The van der Waals surface area contributed by atoms with E-state index in [1.807, 2.05) is 12.1 Å². The lowest BCUT2D eigenvalue weighted by atomic mass is 9.87. The van der Waals surface area contributed by atoms with E-state index in [0.29, 0.717) is 5.03 Å². The second-order valence-corrected chi connectivity index (χ2v) is 6.66. The Labute approximate surface area is 123 Å². The molecule has 0 bridgehead atoms. The van der Waals surface area contributed by atoms with Gasteiger partial charge in [0.1, 0.15) is 5.03 Å². The van der Waals surface area contributed by atoms with Gasteiger partial charge in [-0.05, 0) is 35.2 Å². The third-order valence-electron chi connectivity index (χ3n) is 2.92. The first-order chi connectivity index (χ1) is 9.36. The fraction of sp³-hybridized carbons (Fsp3) is 0.250. The number of hydrogen-bond acceptors (Lipinski definition) is 3. The van der Waals surface area contributed by atoms with E-state index >= 15 is 0 Å². The van der Waals surface area contributed by atoms with Crippen molar-refractivity contribution >= 4 is 17.7 Å². The van der Waals surface area contributed by atoms with Gasteiger partial charge < -0.3 is 5.11 Å². The van der Waals surface area contributed by atoms with Crippen molar-refractivity contribution in [3.8, 4) is 0 Å². The number of carboxylic acids is 1. The molecule has 4 heteroatoms. The fourth-order valence-electron chi connectivity index (χ4n) is 1.74. The van der Waals surface area contributed by atoms with Gasteiger partial charge in [0.25, 0.3) is 0 Å². The summed E-state index contributed by atoms with van der Waals surface area (Å²) in [4.78, 5) is 16.2. The van der Waals surface area contributed by atoms with E-state index in [9.17, 15) is 4.79 Å². The molecule has 0 radical (unpaired) electrons. The quantitative estimate of drug-likeness (QED) is 0.918. The number of carboxylic acid groups (broad SMARTS) is 1. The minimum absolute atomic E-state index is 0.130. The molecule has 1 N–H and O–H groups in total. The standard InChI is InChI=1S/C16H17NO2S/c1-16(2,3)12-4-6-13(7-5-12)20-14-10-11(15(18)19)8-9-17-14/h4-10H,1-3H3,(H,18,19). The molecule has 1 heterocycles. The van der Waals surface area contributed by atoms with Gasteiger partial charge in [-0.1, -0.05) is 44.7 Å². The summed E-state index contributed by atoms with van der Waals surface area (Å²) in [5, 5.41) is 9.65. The Morgan fingerprint density at radius 2 is 1.80 bits per heavy atom. The zero-order valence-electron chi connectivity index (χ0n) is 11.8. The summed E-state index contributed by atoms with van der Waals surface area (Å²) < 4.78 is 0. The lowest BCUT2D eigenvalue weighted by Gasteiger charge is -2.18. The molecule has 3 nitrogen and oxygen atoms in total. The van der Waals surface area contributed by atoms with E-state index in [-0.39, 0.29) is 11.0 Å². The normalized spacial score (nSPS) is 11.3. The molecule has 0 fully saturated rings. The van der Waals surface area contributed by atoms with Crippen LogP contribution in [-0.2, 0) is 5.41 Å². The molecule has 0 saturated heterocycles. The van der Waals surface area contributed by atoms with Gasteiger partial charge in [0.15, 0.2) is 0 Å². The Balaban J connectivity index is 2.18. The van der Waals surface area contributed by atoms with Crippen LogP contribution in [0, 0.1) is 0 Å². The van der Waals surface area contributed by atoms with Gasteiger partial charge in [0.05, 0.1) is 5.56 Å². The molecule has 2 aromatic rings. The summed E-state index contributed by atoms with van der Waals surface area (Å²) >= 11 is 1.46. The lowest BCUT2D eigenvalue weighted by Crippen LogP contribution is -2.10. The van der Waals surface area contributed by atoms with Gasteiger partial charge in [-0.25, -0.2) is 9.78 Å². The molecule has 0 aliphatic carbocycles. The zero-order valence-corrected chi connectivity index (χ0v) is 12.6. The first-order valence-corrected chi connectivity index (χ1v) is 7.16. The molecule has 0 spiro atoms. The van der Waals surface area contributed by atoms with E-state index in [4.69, 9.17) is 5.11 Å². The van der Waals surface area contributed by atoms with Crippen molar-refractivity contribution in [2.24, 2.45) is 0 Å². The molecular formula is C16H17NO2S. The molecule has 0 aliphatic rings. The highest BCUT2D eigenvalue weighted by Gasteiger charge is 2.13. The molecule has 2 rings (SSSR count). The number of nitrogens with zero attached hydrogens (tertiary/aromatic N) is 1. The van der Waals surface area contributed by atoms with Crippen molar-refractivity contribution in [2.75, 3.05) is 0 Å². The van der Waals surface area contributed by atoms with Gasteiger partial charge in [-0.2, -0.15) is 0 Å². The monoisotopic (exact) mass is 287 g/mol. The Kier molecular flexibility index (Phi) is 4.14. The maximum absolute atomic E-state index is 10.9. The number of rotatable bonds is 3. The van der Waals surface area contributed by atoms with Gasteiger partial charge in [-0.15, -0.1) is 0 Å². The van der Waals surface area contributed by atoms with Crippen LogP contribution in [0.1, 0.15) is 36.7 Å². The van der Waals surface area contributed by atoms with Crippen LogP contribution in [-0.4, -0.2) is 16.1 Å². The lowest BCUT2D eigenvalue weighted by molar-refractivity contribution is 0.0696. The summed E-state index contributed by atoms with van der Waals surface area (Å²) in [5.41, 5.74) is 1.66. The second-order valence-electron chi connectivity index (χ2n) is 5.56. The van der Waals surface area contributed by atoms with Crippen LogP contribution < -0.4 is 0 Å². The number of aromatic carboxylic acids is 1. The maximum Gasteiger partial charge on any atom is 0.335 e. The van der Waals surface area contributed by atoms with E-state index in [2.05, 4.69) is 37.9 Å². The molecule has 0 saturated carbocycles. The Bertz CT molecular complexity index is 615. The van der Waals surface area contributed by atoms with Gasteiger partial charge >= 0.3 is 5.97 Å². The first-order valence-electron chi connectivity index (χ1n) is 6.34. The summed E-state index contributed by atoms with van der Waals surface area (Å²) in [7, 11) is 0. The van der Waals surface area contributed by atoms with Crippen LogP contribution >= 0.6 is 11.8 Å². The average Bonchev–Trinajstić information content (AvgIpc) is 2.38. The second kappa shape index (κ2) is 5.67. The number of pyridine rings is 1. The van der Waals surface area contributed by atoms with Crippen LogP contribution in [0.5, 0.6) is 0 Å². The highest BCUT2D eigenvalue weighted by atomic mass is 32.2. The molecule has 0 atom stereocenters.